The first-order valence-corrected chi connectivity index (χ1v) is 6.18. The van der Waals surface area contributed by atoms with E-state index in [2.05, 4.69) is 42.2 Å². The largest absolute Gasteiger partial charge is 0.335 e. The fourth-order valence-electron chi connectivity index (χ4n) is 1.24. The van der Waals surface area contributed by atoms with Crippen LogP contribution in [0.15, 0.2) is 39.4 Å². The molecule has 0 spiro atoms. The molecule has 0 radical (unpaired) electrons. The lowest BCUT2D eigenvalue weighted by molar-refractivity contribution is 0.589. The number of hydrogen-bond donors (Lipinski definition) is 1. The fraction of sp³-hybridized carbons (Fsp3) is 0. The predicted octanol–water partition coefficient (Wildman–Crippen LogP) is 4.63. The van der Waals surface area contributed by atoms with Crippen molar-refractivity contribution in [2.24, 2.45) is 0 Å². The number of benzene rings is 1. The molecule has 1 aromatic carbocycles. The Hall–Kier alpha value is -1.01. The van der Waals surface area contributed by atoms with E-state index in [1.165, 1.54) is 18.3 Å². The van der Waals surface area contributed by atoms with Crippen LogP contribution in [0.4, 0.5) is 20.3 Å². The van der Waals surface area contributed by atoms with Gasteiger partial charge in [-0.25, -0.2) is 13.8 Å². The molecule has 2 nitrogen and oxygen atoms in total. The zero-order valence-electron chi connectivity index (χ0n) is 8.35. The maximum atomic E-state index is 13.5. The lowest BCUT2D eigenvalue weighted by atomic mass is 10.3. The molecular formula is C11H6Br2F2N2. The van der Waals surface area contributed by atoms with E-state index >= 15 is 0 Å². The molecule has 0 aliphatic heterocycles. The van der Waals surface area contributed by atoms with Crippen LogP contribution in [-0.4, -0.2) is 4.98 Å². The van der Waals surface area contributed by atoms with Gasteiger partial charge in [0.15, 0.2) is 11.6 Å². The summed E-state index contributed by atoms with van der Waals surface area (Å²) in [5, 5.41) is 2.59. The topological polar surface area (TPSA) is 24.9 Å². The maximum absolute atomic E-state index is 13.5. The molecule has 0 atom stereocenters. The van der Waals surface area contributed by atoms with Crippen LogP contribution >= 0.6 is 31.9 Å². The minimum absolute atomic E-state index is 0.219. The van der Waals surface area contributed by atoms with Crippen molar-refractivity contribution in [1.29, 1.82) is 0 Å². The smallest absolute Gasteiger partial charge is 0.150 e. The number of rotatable bonds is 2. The molecule has 0 aliphatic carbocycles. The van der Waals surface area contributed by atoms with Crippen molar-refractivity contribution in [1.82, 2.24) is 4.98 Å². The Morgan fingerprint density at radius 2 is 1.65 bits per heavy atom. The van der Waals surface area contributed by atoms with E-state index in [0.717, 1.165) is 4.47 Å². The number of aromatic nitrogens is 1. The molecular weight excluding hydrogens is 358 g/mol. The summed E-state index contributed by atoms with van der Waals surface area (Å²) in [6, 6.07) is 5.71. The second kappa shape index (κ2) is 5.10. The van der Waals surface area contributed by atoms with Crippen LogP contribution in [0.3, 0.4) is 0 Å². The molecule has 2 rings (SSSR count). The van der Waals surface area contributed by atoms with Crippen molar-refractivity contribution >= 4 is 43.4 Å². The zero-order valence-corrected chi connectivity index (χ0v) is 11.5. The minimum atomic E-state index is -0.679. The average molecular weight is 364 g/mol. The van der Waals surface area contributed by atoms with Crippen LogP contribution in [0.1, 0.15) is 0 Å². The molecule has 0 fully saturated rings. The Balaban J connectivity index is 2.33. The summed E-state index contributed by atoms with van der Waals surface area (Å²) >= 11 is 6.24. The van der Waals surface area contributed by atoms with Gasteiger partial charge >= 0.3 is 0 Å². The molecule has 6 heteroatoms. The highest BCUT2D eigenvalue weighted by atomic mass is 79.9. The lowest BCUT2D eigenvalue weighted by Crippen LogP contribution is -1.99. The van der Waals surface area contributed by atoms with Crippen LogP contribution in [-0.2, 0) is 0 Å². The summed E-state index contributed by atoms with van der Waals surface area (Å²) in [5.41, 5.74) is -0.219. The van der Waals surface area contributed by atoms with Gasteiger partial charge in [0.05, 0.1) is 0 Å². The molecule has 2 aromatic rings. The van der Waals surface area contributed by atoms with Crippen molar-refractivity contribution < 1.29 is 8.78 Å². The summed E-state index contributed by atoms with van der Waals surface area (Å²) < 4.78 is 28.2. The fourth-order valence-corrected chi connectivity index (χ4v) is 1.88. The van der Waals surface area contributed by atoms with E-state index in [9.17, 15) is 8.78 Å². The summed E-state index contributed by atoms with van der Waals surface area (Å²) in [4.78, 5) is 3.98. The van der Waals surface area contributed by atoms with Gasteiger partial charge in [0, 0.05) is 15.1 Å². The summed E-state index contributed by atoms with van der Waals surface area (Å²) in [5.74, 6) is -0.989. The van der Waals surface area contributed by atoms with E-state index in [1.807, 2.05) is 0 Å². The number of halogens is 4. The number of nitrogens with zero attached hydrogens (tertiary/aromatic N) is 1. The molecule has 1 heterocycles. The molecule has 88 valence electrons. The highest BCUT2D eigenvalue weighted by Crippen LogP contribution is 2.26. The van der Waals surface area contributed by atoms with Crippen molar-refractivity contribution in [2.75, 3.05) is 5.32 Å². The van der Waals surface area contributed by atoms with Crippen molar-refractivity contribution in [3.8, 4) is 0 Å². The standard InChI is InChI=1S/C11H6Br2F2N2/c12-6-1-2-10(16-5-6)17-11-8(14)3-7(13)4-9(11)15/h1-5H,(H,16,17). The van der Waals surface area contributed by atoms with Crippen LogP contribution < -0.4 is 5.32 Å². The molecule has 1 aromatic heterocycles. The molecule has 0 aliphatic rings. The van der Waals surface area contributed by atoms with Crippen molar-refractivity contribution in [3.63, 3.8) is 0 Å². The van der Waals surface area contributed by atoms with E-state index in [4.69, 9.17) is 0 Å². The molecule has 1 N–H and O–H groups in total. The third kappa shape index (κ3) is 3.01. The number of pyridine rings is 1. The highest BCUT2D eigenvalue weighted by Gasteiger charge is 2.10. The first-order chi connectivity index (χ1) is 8.06. The Labute approximate surface area is 113 Å². The van der Waals surface area contributed by atoms with Crippen LogP contribution in [0, 0.1) is 11.6 Å². The molecule has 0 bridgehead atoms. The Morgan fingerprint density at radius 1 is 1.00 bits per heavy atom. The SMILES string of the molecule is Fc1cc(Br)cc(F)c1Nc1ccc(Br)cn1. The van der Waals surface area contributed by atoms with Gasteiger partial charge in [-0.1, -0.05) is 15.9 Å². The highest BCUT2D eigenvalue weighted by molar-refractivity contribution is 9.10. The molecule has 0 saturated heterocycles. The monoisotopic (exact) mass is 362 g/mol. The zero-order chi connectivity index (χ0) is 12.4. The van der Waals surface area contributed by atoms with E-state index in [-0.39, 0.29) is 5.69 Å². The predicted molar refractivity (Wildman–Crippen MR) is 69.3 cm³/mol. The van der Waals surface area contributed by atoms with Crippen LogP contribution in [0.25, 0.3) is 0 Å². The van der Waals surface area contributed by atoms with Gasteiger partial charge in [0.25, 0.3) is 0 Å². The normalized spacial score (nSPS) is 10.4. The number of anilines is 2. The number of nitrogens with one attached hydrogen (secondary N) is 1. The molecule has 17 heavy (non-hydrogen) atoms. The van der Waals surface area contributed by atoms with Gasteiger partial charge in [-0.05, 0) is 40.2 Å². The quantitative estimate of drug-likeness (QED) is 0.841. The third-order valence-corrected chi connectivity index (χ3v) is 2.91. The van der Waals surface area contributed by atoms with Gasteiger partial charge in [-0.2, -0.15) is 0 Å². The van der Waals surface area contributed by atoms with Gasteiger partial charge in [0.2, 0.25) is 0 Å². The first-order valence-electron chi connectivity index (χ1n) is 4.59. The second-order valence-corrected chi connectivity index (χ2v) is 5.06. The summed E-state index contributed by atoms with van der Waals surface area (Å²) in [7, 11) is 0. The van der Waals surface area contributed by atoms with E-state index in [1.54, 1.807) is 12.1 Å². The van der Waals surface area contributed by atoms with Gasteiger partial charge < -0.3 is 5.32 Å². The van der Waals surface area contributed by atoms with Gasteiger partial charge in [-0.15, -0.1) is 0 Å². The number of hydrogen-bond acceptors (Lipinski definition) is 2. The summed E-state index contributed by atoms with van der Waals surface area (Å²) in [6.45, 7) is 0. The van der Waals surface area contributed by atoms with Crippen LogP contribution in [0.2, 0.25) is 0 Å². The average Bonchev–Trinajstić information content (AvgIpc) is 2.26. The van der Waals surface area contributed by atoms with Gasteiger partial charge in [0.1, 0.15) is 11.5 Å². The van der Waals surface area contributed by atoms with Crippen molar-refractivity contribution in [3.05, 3.63) is 51.0 Å². The van der Waals surface area contributed by atoms with Gasteiger partial charge in [-0.3, -0.25) is 0 Å². The minimum Gasteiger partial charge on any atom is -0.335 e. The van der Waals surface area contributed by atoms with Crippen LogP contribution in [0.5, 0.6) is 0 Å². The van der Waals surface area contributed by atoms with E-state index < -0.39 is 11.6 Å². The Bertz CT molecular complexity index is 521. The molecule has 0 amide bonds. The Kier molecular flexibility index (Phi) is 3.73. The van der Waals surface area contributed by atoms with Crippen molar-refractivity contribution in [2.45, 2.75) is 0 Å². The first kappa shape index (κ1) is 12.4. The van der Waals surface area contributed by atoms with E-state index in [0.29, 0.717) is 10.3 Å². The summed E-state index contributed by atoms with van der Waals surface area (Å²) in [6.07, 6.45) is 1.54. The third-order valence-electron chi connectivity index (χ3n) is 1.99. The second-order valence-electron chi connectivity index (χ2n) is 3.23. The molecule has 0 saturated carbocycles. The maximum Gasteiger partial charge on any atom is 0.150 e. The Morgan fingerprint density at radius 3 is 2.18 bits per heavy atom. The molecule has 0 unspecified atom stereocenters. The lowest BCUT2D eigenvalue weighted by Gasteiger charge is -2.08.